The summed E-state index contributed by atoms with van der Waals surface area (Å²) in [7, 11) is 2.03. The summed E-state index contributed by atoms with van der Waals surface area (Å²) < 4.78 is 14.3. The van der Waals surface area contributed by atoms with E-state index in [1.165, 1.54) is 0 Å². The molecule has 1 aliphatic heterocycles. The van der Waals surface area contributed by atoms with Gasteiger partial charge in [-0.2, -0.15) is 0 Å². The first kappa shape index (κ1) is 12.9. The summed E-state index contributed by atoms with van der Waals surface area (Å²) in [4.78, 5) is 0. The van der Waals surface area contributed by atoms with Crippen LogP contribution in [-0.2, 0) is 7.05 Å². The van der Waals surface area contributed by atoms with Gasteiger partial charge >= 0.3 is 0 Å². The van der Waals surface area contributed by atoms with Crippen molar-refractivity contribution in [3.8, 4) is 34.3 Å². The number of aromatic nitrogens is 1. The van der Waals surface area contributed by atoms with Crippen molar-refractivity contribution in [1.29, 1.82) is 0 Å². The molecule has 0 saturated heterocycles. The number of pyridine rings is 1. The molecule has 2 aromatic carbocycles. The molecule has 3 heteroatoms. The van der Waals surface area contributed by atoms with Gasteiger partial charge in [-0.3, -0.25) is 0 Å². The van der Waals surface area contributed by atoms with Gasteiger partial charge in [0.15, 0.2) is 29.2 Å². The van der Waals surface area contributed by atoms with Crippen molar-refractivity contribution in [3.63, 3.8) is 0 Å². The topological polar surface area (TPSA) is 22.3 Å². The fraction of sp³-hybridized carbons (Fsp3) is 0.105. The second-order valence-electron chi connectivity index (χ2n) is 5.43. The smallest absolute Gasteiger partial charge is 0.216 e. The molecule has 3 aromatic rings. The molecular formula is C19H16NO2+. The van der Waals surface area contributed by atoms with Gasteiger partial charge in [0, 0.05) is 12.1 Å². The van der Waals surface area contributed by atoms with Gasteiger partial charge in [-0.05, 0) is 36.8 Å². The molecule has 1 aromatic heterocycles. The van der Waals surface area contributed by atoms with Gasteiger partial charge in [0.05, 0.1) is 5.56 Å². The lowest BCUT2D eigenvalue weighted by Crippen LogP contribution is -2.30. The molecule has 0 saturated carbocycles. The van der Waals surface area contributed by atoms with Crippen molar-refractivity contribution in [3.05, 3.63) is 66.4 Å². The molecule has 0 aliphatic carbocycles. The molecule has 22 heavy (non-hydrogen) atoms. The van der Waals surface area contributed by atoms with Gasteiger partial charge in [0.2, 0.25) is 5.69 Å². The van der Waals surface area contributed by atoms with Crippen LogP contribution in [0.15, 0.2) is 60.8 Å². The van der Waals surface area contributed by atoms with Crippen molar-refractivity contribution in [2.45, 2.75) is 6.92 Å². The van der Waals surface area contributed by atoms with E-state index in [0.717, 1.165) is 39.8 Å². The summed E-state index contributed by atoms with van der Waals surface area (Å²) in [5, 5.41) is 0. The van der Waals surface area contributed by atoms with E-state index in [2.05, 4.69) is 23.6 Å². The van der Waals surface area contributed by atoms with E-state index in [-0.39, 0.29) is 0 Å². The molecule has 2 heterocycles. The first-order valence-corrected chi connectivity index (χ1v) is 7.27. The van der Waals surface area contributed by atoms with Gasteiger partial charge < -0.3 is 9.47 Å². The van der Waals surface area contributed by atoms with Crippen molar-refractivity contribution in [1.82, 2.24) is 0 Å². The molecule has 0 fully saturated rings. The number of aryl methyl sites for hydroxylation is 2. The summed E-state index contributed by atoms with van der Waals surface area (Å²) in [6, 6.07) is 17.9. The minimum Gasteiger partial charge on any atom is -0.449 e. The molecule has 0 radical (unpaired) electrons. The lowest BCUT2D eigenvalue weighted by atomic mass is 10.0. The van der Waals surface area contributed by atoms with Gasteiger partial charge in [-0.15, -0.1) is 0 Å². The van der Waals surface area contributed by atoms with Crippen LogP contribution in [-0.4, -0.2) is 0 Å². The number of benzene rings is 2. The van der Waals surface area contributed by atoms with Gasteiger partial charge in [0.1, 0.15) is 7.05 Å². The highest BCUT2D eigenvalue weighted by Crippen LogP contribution is 2.49. The van der Waals surface area contributed by atoms with E-state index in [9.17, 15) is 0 Å². The summed E-state index contributed by atoms with van der Waals surface area (Å²) in [5.41, 5.74) is 3.32. The third-order valence-corrected chi connectivity index (χ3v) is 3.92. The number of hydrogen-bond acceptors (Lipinski definition) is 2. The second kappa shape index (κ2) is 4.88. The van der Waals surface area contributed by atoms with E-state index in [4.69, 9.17) is 9.47 Å². The van der Waals surface area contributed by atoms with Gasteiger partial charge in [-0.25, -0.2) is 4.57 Å². The predicted molar refractivity (Wildman–Crippen MR) is 84.4 cm³/mol. The molecular weight excluding hydrogens is 274 g/mol. The number of ether oxygens (including phenoxy) is 2. The maximum absolute atomic E-state index is 6.16. The largest absolute Gasteiger partial charge is 0.449 e. The Morgan fingerprint density at radius 2 is 1.50 bits per heavy atom. The predicted octanol–water partition coefficient (Wildman–Crippen LogP) is 4.38. The summed E-state index contributed by atoms with van der Waals surface area (Å²) in [6.45, 7) is 2.09. The highest BCUT2D eigenvalue weighted by molar-refractivity contribution is 5.75. The molecule has 0 unspecified atom stereocenters. The summed E-state index contributed by atoms with van der Waals surface area (Å²) >= 11 is 0. The molecule has 108 valence electrons. The van der Waals surface area contributed by atoms with Crippen LogP contribution in [0.25, 0.3) is 11.3 Å². The molecule has 4 rings (SSSR count). The minimum absolute atomic E-state index is 0.750. The van der Waals surface area contributed by atoms with E-state index in [1.54, 1.807) is 0 Å². The SMILES string of the molecule is Cc1ccc2c(c1-c1cccc[n+]1C)Oc1ccccc1O2. The Balaban J connectivity index is 1.94. The fourth-order valence-corrected chi connectivity index (χ4v) is 2.79. The number of hydrogen-bond donors (Lipinski definition) is 0. The molecule has 1 aliphatic rings. The number of para-hydroxylation sites is 2. The molecule has 0 N–H and O–H groups in total. The first-order valence-electron chi connectivity index (χ1n) is 7.27. The number of nitrogens with zero attached hydrogens (tertiary/aromatic N) is 1. The Labute approximate surface area is 129 Å². The van der Waals surface area contributed by atoms with Crippen LogP contribution in [0, 0.1) is 6.92 Å². The average molecular weight is 290 g/mol. The Kier molecular flexibility index (Phi) is 2.86. The molecule has 0 spiro atoms. The highest BCUT2D eigenvalue weighted by atomic mass is 16.6. The minimum atomic E-state index is 0.750. The Hall–Kier alpha value is -2.81. The maximum atomic E-state index is 6.16. The Morgan fingerprint density at radius 3 is 2.27 bits per heavy atom. The standard InChI is InChI=1S/C19H16NO2/c1-13-10-11-17-19(18(13)14-7-5-6-12-20(14)2)22-16-9-4-3-8-15(16)21-17/h3-12H,1-2H3/q+1. The summed E-state index contributed by atoms with van der Waals surface area (Å²) in [5.74, 6) is 3.03. The average Bonchev–Trinajstić information content (AvgIpc) is 2.54. The van der Waals surface area contributed by atoms with Crippen molar-refractivity contribution < 1.29 is 14.0 Å². The van der Waals surface area contributed by atoms with Gasteiger partial charge in [0.25, 0.3) is 0 Å². The van der Waals surface area contributed by atoms with E-state index in [0.29, 0.717) is 0 Å². The van der Waals surface area contributed by atoms with Crippen LogP contribution in [0.3, 0.4) is 0 Å². The van der Waals surface area contributed by atoms with Crippen LogP contribution >= 0.6 is 0 Å². The van der Waals surface area contributed by atoms with E-state index >= 15 is 0 Å². The highest BCUT2D eigenvalue weighted by Gasteiger charge is 2.26. The van der Waals surface area contributed by atoms with Crippen molar-refractivity contribution >= 4 is 0 Å². The van der Waals surface area contributed by atoms with Crippen molar-refractivity contribution in [2.24, 2.45) is 7.05 Å². The monoisotopic (exact) mass is 290 g/mol. The van der Waals surface area contributed by atoms with Crippen LogP contribution in [0.5, 0.6) is 23.0 Å². The summed E-state index contributed by atoms with van der Waals surface area (Å²) in [6.07, 6.45) is 2.03. The molecule has 0 bridgehead atoms. The number of rotatable bonds is 1. The Morgan fingerprint density at radius 1 is 0.773 bits per heavy atom. The maximum Gasteiger partial charge on any atom is 0.216 e. The normalized spacial score (nSPS) is 11.9. The second-order valence-corrected chi connectivity index (χ2v) is 5.43. The zero-order valence-electron chi connectivity index (χ0n) is 12.5. The zero-order valence-corrected chi connectivity index (χ0v) is 12.5. The Bertz CT molecular complexity index is 871. The zero-order chi connectivity index (χ0) is 15.1. The first-order chi connectivity index (χ1) is 10.7. The lowest BCUT2D eigenvalue weighted by molar-refractivity contribution is -0.660. The number of fused-ring (bicyclic) bond motifs is 2. The van der Waals surface area contributed by atoms with Crippen LogP contribution < -0.4 is 14.0 Å². The third-order valence-electron chi connectivity index (χ3n) is 3.92. The third kappa shape index (κ3) is 1.94. The van der Waals surface area contributed by atoms with E-state index in [1.807, 2.05) is 55.7 Å². The van der Waals surface area contributed by atoms with Crippen LogP contribution in [0.2, 0.25) is 0 Å². The van der Waals surface area contributed by atoms with Crippen LogP contribution in [0.4, 0.5) is 0 Å². The van der Waals surface area contributed by atoms with Gasteiger partial charge in [-0.1, -0.05) is 18.2 Å². The van der Waals surface area contributed by atoms with Crippen LogP contribution in [0.1, 0.15) is 5.56 Å². The fourth-order valence-electron chi connectivity index (χ4n) is 2.79. The molecule has 3 nitrogen and oxygen atoms in total. The van der Waals surface area contributed by atoms with E-state index < -0.39 is 0 Å². The lowest BCUT2D eigenvalue weighted by Gasteiger charge is -2.23. The quantitative estimate of drug-likeness (QED) is 0.485. The molecule has 0 atom stereocenters. The molecule has 0 amide bonds. The van der Waals surface area contributed by atoms with Crippen molar-refractivity contribution in [2.75, 3.05) is 0 Å².